The average molecular weight is 439 g/mol. The number of amides is 1. The molecular formula is C21H18N4O3S2. The first-order valence-electron chi connectivity index (χ1n) is 9.04. The molecule has 30 heavy (non-hydrogen) atoms. The van der Waals surface area contributed by atoms with Crippen LogP contribution in [0.25, 0.3) is 22.7 Å². The number of nitrogens with one attached hydrogen (secondary N) is 1. The molecule has 2 aromatic carbocycles. The van der Waals surface area contributed by atoms with Crippen molar-refractivity contribution in [1.82, 2.24) is 15.2 Å². The molecule has 0 bridgehead atoms. The predicted octanol–water partition coefficient (Wildman–Crippen LogP) is 4.91. The lowest BCUT2D eigenvalue weighted by Crippen LogP contribution is -2.13. The molecule has 1 N–H and O–H groups in total. The van der Waals surface area contributed by atoms with Gasteiger partial charge < -0.3 is 14.5 Å². The summed E-state index contributed by atoms with van der Waals surface area (Å²) in [7, 11) is 1.58. The summed E-state index contributed by atoms with van der Waals surface area (Å²) in [5, 5.41) is 13.6. The summed E-state index contributed by atoms with van der Waals surface area (Å²) in [6.45, 7) is 2.04. The third kappa shape index (κ3) is 4.69. The molecule has 0 spiro atoms. The van der Waals surface area contributed by atoms with Crippen LogP contribution < -0.4 is 10.1 Å². The van der Waals surface area contributed by atoms with Crippen molar-refractivity contribution in [1.29, 1.82) is 0 Å². The molecule has 0 aliphatic carbocycles. The molecule has 0 atom stereocenters. The summed E-state index contributed by atoms with van der Waals surface area (Å²) in [4.78, 5) is 16.8. The van der Waals surface area contributed by atoms with Crippen molar-refractivity contribution in [3.63, 3.8) is 0 Å². The third-order valence-corrected chi connectivity index (χ3v) is 5.74. The Balaban J connectivity index is 1.35. The number of para-hydroxylation sites is 1. The first-order valence-corrected chi connectivity index (χ1v) is 10.9. The van der Waals surface area contributed by atoms with Gasteiger partial charge in [0.15, 0.2) is 5.13 Å². The number of carbonyl (C=O) groups excluding carboxylic acids is 1. The maximum absolute atomic E-state index is 12.3. The molecule has 7 nitrogen and oxygen atoms in total. The van der Waals surface area contributed by atoms with Crippen molar-refractivity contribution < 1.29 is 13.9 Å². The molecule has 0 saturated carbocycles. The van der Waals surface area contributed by atoms with E-state index in [2.05, 4.69) is 20.5 Å². The molecule has 0 unspecified atom stereocenters. The number of aryl methyl sites for hydroxylation is 1. The minimum Gasteiger partial charge on any atom is -0.496 e. The largest absolute Gasteiger partial charge is 0.496 e. The van der Waals surface area contributed by atoms with Gasteiger partial charge >= 0.3 is 0 Å². The Morgan fingerprint density at radius 3 is 2.77 bits per heavy atom. The lowest BCUT2D eigenvalue weighted by atomic mass is 10.1. The summed E-state index contributed by atoms with van der Waals surface area (Å²) in [5.74, 6) is 0.927. The number of rotatable bonds is 7. The molecule has 4 rings (SSSR count). The van der Waals surface area contributed by atoms with Gasteiger partial charge in [0.05, 0.1) is 24.1 Å². The van der Waals surface area contributed by atoms with E-state index in [0.717, 1.165) is 11.3 Å². The van der Waals surface area contributed by atoms with E-state index in [0.29, 0.717) is 27.6 Å². The fraction of sp³-hybridized carbons (Fsp3) is 0.143. The van der Waals surface area contributed by atoms with Gasteiger partial charge in [-0.15, -0.1) is 21.5 Å². The zero-order valence-electron chi connectivity index (χ0n) is 16.3. The van der Waals surface area contributed by atoms with Gasteiger partial charge in [-0.3, -0.25) is 4.79 Å². The Labute approximate surface area is 181 Å². The minimum atomic E-state index is -0.193. The summed E-state index contributed by atoms with van der Waals surface area (Å²) in [5.41, 5.74) is 3.74. The van der Waals surface area contributed by atoms with Gasteiger partial charge in [-0.05, 0) is 19.1 Å². The van der Waals surface area contributed by atoms with Crippen molar-refractivity contribution >= 4 is 34.1 Å². The van der Waals surface area contributed by atoms with Crippen molar-refractivity contribution in [2.24, 2.45) is 0 Å². The van der Waals surface area contributed by atoms with E-state index in [1.165, 1.54) is 28.7 Å². The van der Waals surface area contributed by atoms with E-state index in [-0.39, 0.29) is 11.7 Å². The molecule has 2 aromatic heterocycles. The van der Waals surface area contributed by atoms with Crippen LogP contribution in [-0.2, 0) is 4.79 Å². The summed E-state index contributed by atoms with van der Waals surface area (Å²) in [6.07, 6.45) is 0. The minimum absolute atomic E-state index is 0.132. The molecule has 2 heterocycles. The van der Waals surface area contributed by atoms with E-state index < -0.39 is 0 Å². The van der Waals surface area contributed by atoms with E-state index in [1.807, 2.05) is 60.8 Å². The number of nitrogens with zero attached hydrogens (tertiary/aromatic N) is 3. The van der Waals surface area contributed by atoms with E-state index >= 15 is 0 Å². The van der Waals surface area contributed by atoms with E-state index in [9.17, 15) is 4.79 Å². The van der Waals surface area contributed by atoms with Gasteiger partial charge in [-0.1, -0.05) is 53.7 Å². The highest BCUT2D eigenvalue weighted by Gasteiger charge is 2.15. The van der Waals surface area contributed by atoms with E-state index in [1.54, 1.807) is 7.11 Å². The molecule has 4 aromatic rings. The van der Waals surface area contributed by atoms with Gasteiger partial charge in [0.1, 0.15) is 5.75 Å². The number of thioether (sulfide) groups is 1. The Hall–Kier alpha value is -3.17. The molecule has 1 amide bonds. The number of methoxy groups -OCH3 is 1. The third-order valence-electron chi connectivity index (χ3n) is 4.17. The Kier molecular flexibility index (Phi) is 6.10. The smallest absolute Gasteiger partial charge is 0.277 e. The average Bonchev–Trinajstić information content (AvgIpc) is 3.42. The fourth-order valence-corrected chi connectivity index (χ4v) is 3.97. The lowest BCUT2D eigenvalue weighted by molar-refractivity contribution is -0.113. The number of hydrogen-bond donors (Lipinski definition) is 1. The maximum Gasteiger partial charge on any atom is 0.277 e. The fourth-order valence-electron chi connectivity index (χ4n) is 2.67. The molecular weight excluding hydrogens is 420 g/mol. The highest BCUT2D eigenvalue weighted by molar-refractivity contribution is 7.99. The molecule has 0 aliphatic heterocycles. The summed E-state index contributed by atoms with van der Waals surface area (Å²) >= 11 is 2.55. The van der Waals surface area contributed by atoms with Crippen LogP contribution in [0.2, 0.25) is 0 Å². The normalized spacial score (nSPS) is 10.7. The SMILES string of the molecule is COc1ccccc1-c1nnc(SCC(=O)Nc2nc(-c3ccc(C)cc3)cs2)o1. The number of hydrogen-bond acceptors (Lipinski definition) is 8. The van der Waals surface area contributed by atoms with Crippen LogP contribution in [0.1, 0.15) is 5.56 Å². The van der Waals surface area contributed by atoms with Gasteiger partial charge in [0.2, 0.25) is 5.91 Å². The number of thiazole rings is 1. The molecule has 0 aliphatic rings. The Morgan fingerprint density at radius 2 is 1.97 bits per heavy atom. The van der Waals surface area contributed by atoms with Crippen LogP contribution >= 0.6 is 23.1 Å². The van der Waals surface area contributed by atoms with Gasteiger partial charge in [0.25, 0.3) is 11.1 Å². The highest BCUT2D eigenvalue weighted by Crippen LogP contribution is 2.30. The van der Waals surface area contributed by atoms with Crippen LogP contribution in [0.3, 0.4) is 0 Å². The standard InChI is InChI=1S/C21H18N4O3S2/c1-13-7-9-14(10-8-13)16-11-29-20(22-16)23-18(26)12-30-21-25-24-19(28-21)15-5-3-4-6-17(15)27-2/h3-11H,12H2,1-2H3,(H,22,23,26). The first-order chi connectivity index (χ1) is 14.6. The van der Waals surface area contributed by atoms with Gasteiger partial charge in [-0.2, -0.15) is 0 Å². The van der Waals surface area contributed by atoms with Crippen LogP contribution in [0.5, 0.6) is 5.75 Å². The monoisotopic (exact) mass is 438 g/mol. The van der Waals surface area contributed by atoms with Crippen molar-refractivity contribution in [3.8, 4) is 28.5 Å². The summed E-state index contributed by atoms with van der Waals surface area (Å²) < 4.78 is 11.0. The number of anilines is 1. The second-order valence-corrected chi connectivity index (χ2v) is 8.10. The van der Waals surface area contributed by atoms with Crippen LogP contribution in [0.15, 0.2) is 63.6 Å². The Morgan fingerprint density at radius 1 is 1.17 bits per heavy atom. The zero-order chi connectivity index (χ0) is 20.9. The highest BCUT2D eigenvalue weighted by atomic mass is 32.2. The van der Waals surface area contributed by atoms with Crippen molar-refractivity contribution in [3.05, 3.63) is 59.5 Å². The molecule has 0 fully saturated rings. The molecule has 152 valence electrons. The van der Waals surface area contributed by atoms with Crippen LogP contribution in [0.4, 0.5) is 5.13 Å². The quantitative estimate of drug-likeness (QED) is 0.410. The topological polar surface area (TPSA) is 90.1 Å². The van der Waals surface area contributed by atoms with Crippen molar-refractivity contribution in [2.75, 3.05) is 18.2 Å². The molecule has 0 saturated heterocycles. The zero-order valence-corrected chi connectivity index (χ0v) is 17.9. The second kappa shape index (κ2) is 9.10. The van der Waals surface area contributed by atoms with Crippen LogP contribution in [0, 0.1) is 6.92 Å². The predicted molar refractivity (Wildman–Crippen MR) is 118 cm³/mol. The van der Waals surface area contributed by atoms with Gasteiger partial charge in [0, 0.05) is 10.9 Å². The number of benzene rings is 2. The molecule has 0 radical (unpaired) electrons. The summed E-state index contributed by atoms with van der Waals surface area (Å²) in [6, 6.07) is 15.5. The number of carbonyl (C=O) groups is 1. The van der Waals surface area contributed by atoms with Crippen molar-refractivity contribution in [2.45, 2.75) is 12.1 Å². The number of ether oxygens (including phenoxy) is 1. The second-order valence-electron chi connectivity index (χ2n) is 6.31. The number of aromatic nitrogens is 3. The maximum atomic E-state index is 12.3. The first kappa shape index (κ1) is 20.1. The van der Waals surface area contributed by atoms with Gasteiger partial charge in [-0.25, -0.2) is 4.98 Å². The lowest BCUT2D eigenvalue weighted by Gasteiger charge is -2.03. The molecule has 9 heteroatoms. The van der Waals surface area contributed by atoms with Crippen LogP contribution in [-0.4, -0.2) is 34.0 Å². The Bertz CT molecular complexity index is 1160. The van der Waals surface area contributed by atoms with E-state index in [4.69, 9.17) is 9.15 Å².